The summed E-state index contributed by atoms with van der Waals surface area (Å²) in [5.41, 5.74) is 4.94. The molecule has 1 atom stereocenters. The van der Waals surface area contributed by atoms with Gasteiger partial charge in [-0.25, -0.2) is 4.79 Å². The number of pyridine rings is 1. The number of nitrogens with zero attached hydrogens (tertiary/aromatic N) is 2. The Bertz CT molecular complexity index is 1020. The molecule has 1 unspecified atom stereocenters. The smallest absolute Gasteiger partial charge is 0.343 e. The lowest BCUT2D eigenvalue weighted by Crippen LogP contribution is -2.50. The van der Waals surface area contributed by atoms with Gasteiger partial charge in [0.25, 0.3) is 5.56 Å². The van der Waals surface area contributed by atoms with Crippen molar-refractivity contribution in [3.8, 4) is 0 Å². The predicted molar refractivity (Wildman–Crippen MR) is 113 cm³/mol. The SMILES string of the molecule is CCOC(=O)c1cc2cc3c4c(c2n(CC)c1=O)CCCN4C(C)(C)CC3C. The molecule has 28 heavy (non-hydrogen) atoms. The molecule has 0 spiro atoms. The summed E-state index contributed by atoms with van der Waals surface area (Å²) in [5, 5.41) is 0.978. The van der Waals surface area contributed by atoms with Crippen LogP contribution in [0.5, 0.6) is 0 Å². The number of carbonyl (C=O) groups excluding carboxylic acids is 1. The molecule has 0 saturated heterocycles. The summed E-state index contributed by atoms with van der Waals surface area (Å²) in [6.07, 6.45) is 3.15. The summed E-state index contributed by atoms with van der Waals surface area (Å²) < 4.78 is 6.91. The van der Waals surface area contributed by atoms with Crippen molar-refractivity contribution in [1.29, 1.82) is 0 Å². The van der Waals surface area contributed by atoms with E-state index in [1.54, 1.807) is 17.6 Å². The Morgan fingerprint density at radius 1 is 1.29 bits per heavy atom. The van der Waals surface area contributed by atoms with Gasteiger partial charge in [0, 0.05) is 35.3 Å². The second kappa shape index (κ2) is 6.64. The van der Waals surface area contributed by atoms with Crippen molar-refractivity contribution >= 4 is 22.6 Å². The molecule has 0 radical (unpaired) electrons. The van der Waals surface area contributed by atoms with E-state index in [2.05, 4.69) is 31.7 Å². The van der Waals surface area contributed by atoms with E-state index in [1.807, 2.05) is 6.92 Å². The fourth-order valence-corrected chi connectivity index (χ4v) is 5.35. The van der Waals surface area contributed by atoms with Crippen molar-refractivity contribution in [1.82, 2.24) is 4.57 Å². The first-order chi connectivity index (χ1) is 13.3. The van der Waals surface area contributed by atoms with Crippen molar-refractivity contribution in [3.05, 3.63) is 39.2 Å². The number of ether oxygens (including phenoxy) is 1. The highest BCUT2D eigenvalue weighted by Gasteiger charge is 2.40. The zero-order valence-electron chi connectivity index (χ0n) is 17.6. The van der Waals surface area contributed by atoms with E-state index in [1.165, 1.54) is 16.8 Å². The van der Waals surface area contributed by atoms with E-state index in [4.69, 9.17) is 4.74 Å². The molecule has 3 heterocycles. The molecule has 0 amide bonds. The highest BCUT2D eigenvalue weighted by Crippen LogP contribution is 2.49. The molecule has 5 heteroatoms. The van der Waals surface area contributed by atoms with Crippen LogP contribution in [0.4, 0.5) is 5.69 Å². The van der Waals surface area contributed by atoms with Crippen LogP contribution >= 0.6 is 0 Å². The van der Waals surface area contributed by atoms with E-state index < -0.39 is 5.97 Å². The molecular weight excluding hydrogens is 352 g/mol. The first-order valence-corrected chi connectivity index (χ1v) is 10.5. The Kier molecular flexibility index (Phi) is 4.52. The third-order valence-corrected chi connectivity index (χ3v) is 6.43. The number of rotatable bonds is 3. The lowest BCUT2D eigenvalue weighted by atomic mass is 9.76. The van der Waals surface area contributed by atoms with Crippen molar-refractivity contribution < 1.29 is 9.53 Å². The van der Waals surface area contributed by atoms with Gasteiger partial charge in [0.15, 0.2) is 0 Å². The van der Waals surface area contributed by atoms with Gasteiger partial charge in [0.05, 0.1) is 12.1 Å². The minimum atomic E-state index is -0.529. The van der Waals surface area contributed by atoms with Crippen molar-refractivity contribution in [2.24, 2.45) is 0 Å². The highest BCUT2D eigenvalue weighted by molar-refractivity contribution is 5.97. The third kappa shape index (κ3) is 2.66. The summed E-state index contributed by atoms with van der Waals surface area (Å²) >= 11 is 0. The molecule has 4 rings (SSSR count). The molecule has 2 aromatic rings. The van der Waals surface area contributed by atoms with Gasteiger partial charge in [-0.05, 0) is 70.6 Å². The Balaban J connectivity index is 2.08. The van der Waals surface area contributed by atoms with E-state index in [-0.39, 0.29) is 23.3 Å². The number of fused-ring (bicyclic) bond motifs is 2. The number of anilines is 1. The Hall–Kier alpha value is -2.30. The van der Waals surface area contributed by atoms with Crippen LogP contribution < -0.4 is 10.5 Å². The van der Waals surface area contributed by atoms with Crippen LogP contribution in [-0.4, -0.2) is 29.2 Å². The minimum absolute atomic E-state index is 0.109. The van der Waals surface area contributed by atoms with Gasteiger partial charge in [-0.2, -0.15) is 0 Å². The number of benzene rings is 1. The molecule has 0 saturated carbocycles. The second-order valence-corrected chi connectivity index (χ2v) is 8.73. The van der Waals surface area contributed by atoms with Gasteiger partial charge in [0.2, 0.25) is 0 Å². The molecular formula is C23H30N2O3. The standard InChI is InChI=1S/C23H30N2O3/c1-6-24-19-15(12-18(21(24)26)22(27)28-7-2)11-17-14(3)13-23(4,5)25-10-8-9-16(19)20(17)25/h11-12,14H,6-10,13H2,1-5H3. The average Bonchev–Trinajstić information content (AvgIpc) is 2.65. The van der Waals surface area contributed by atoms with E-state index in [0.717, 1.165) is 36.7 Å². The summed E-state index contributed by atoms with van der Waals surface area (Å²) in [5.74, 6) is -0.0886. The van der Waals surface area contributed by atoms with Crippen LogP contribution in [0, 0.1) is 0 Å². The first-order valence-electron chi connectivity index (χ1n) is 10.5. The average molecular weight is 383 g/mol. The summed E-state index contributed by atoms with van der Waals surface area (Å²) in [4.78, 5) is 28.0. The molecule has 0 bridgehead atoms. The molecule has 2 aliphatic rings. The Labute approximate surface area is 166 Å². The number of aryl methyl sites for hydroxylation is 2. The maximum atomic E-state index is 13.1. The van der Waals surface area contributed by atoms with E-state index >= 15 is 0 Å². The van der Waals surface area contributed by atoms with Crippen LogP contribution in [0.3, 0.4) is 0 Å². The normalized spacial score (nSPS) is 20.2. The third-order valence-electron chi connectivity index (χ3n) is 6.43. The fourth-order valence-electron chi connectivity index (χ4n) is 5.35. The van der Waals surface area contributed by atoms with Crippen molar-refractivity contribution in [3.63, 3.8) is 0 Å². The van der Waals surface area contributed by atoms with Crippen molar-refractivity contribution in [2.75, 3.05) is 18.1 Å². The van der Waals surface area contributed by atoms with Gasteiger partial charge in [-0.1, -0.05) is 6.92 Å². The molecule has 1 aromatic heterocycles. The molecule has 1 aromatic carbocycles. The minimum Gasteiger partial charge on any atom is -0.462 e. The fraction of sp³-hybridized carbons (Fsp3) is 0.565. The summed E-state index contributed by atoms with van der Waals surface area (Å²) in [6.45, 7) is 12.5. The van der Waals surface area contributed by atoms with Crippen LogP contribution in [-0.2, 0) is 17.7 Å². The molecule has 2 aliphatic heterocycles. The summed E-state index contributed by atoms with van der Waals surface area (Å²) in [7, 11) is 0. The Morgan fingerprint density at radius 3 is 2.71 bits per heavy atom. The quantitative estimate of drug-likeness (QED) is 0.745. The number of hydrogen-bond acceptors (Lipinski definition) is 4. The molecule has 5 nitrogen and oxygen atoms in total. The number of hydrogen-bond donors (Lipinski definition) is 0. The van der Waals surface area contributed by atoms with Gasteiger partial charge in [0.1, 0.15) is 5.56 Å². The monoisotopic (exact) mass is 382 g/mol. The van der Waals surface area contributed by atoms with Gasteiger partial charge in [-0.3, -0.25) is 4.79 Å². The largest absolute Gasteiger partial charge is 0.462 e. The zero-order chi connectivity index (χ0) is 20.2. The van der Waals surface area contributed by atoms with Gasteiger partial charge in [-0.15, -0.1) is 0 Å². The van der Waals surface area contributed by atoms with Crippen molar-refractivity contribution in [2.45, 2.75) is 71.9 Å². The topological polar surface area (TPSA) is 51.5 Å². The lowest BCUT2D eigenvalue weighted by Gasteiger charge is -2.50. The maximum Gasteiger partial charge on any atom is 0.343 e. The molecule has 0 fully saturated rings. The maximum absolute atomic E-state index is 13.1. The molecule has 0 N–H and O–H groups in total. The van der Waals surface area contributed by atoms with Gasteiger partial charge < -0.3 is 14.2 Å². The van der Waals surface area contributed by atoms with Crippen LogP contribution in [0.2, 0.25) is 0 Å². The predicted octanol–water partition coefficient (Wildman–Crippen LogP) is 4.24. The highest BCUT2D eigenvalue weighted by atomic mass is 16.5. The van der Waals surface area contributed by atoms with Crippen LogP contribution in [0.1, 0.15) is 74.9 Å². The number of esters is 1. The molecule has 150 valence electrons. The molecule has 0 aliphatic carbocycles. The summed E-state index contributed by atoms with van der Waals surface area (Å²) in [6, 6.07) is 3.96. The zero-order valence-corrected chi connectivity index (χ0v) is 17.6. The van der Waals surface area contributed by atoms with E-state index in [9.17, 15) is 9.59 Å². The number of carbonyl (C=O) groups is 1. The first kappa shape index (κ1) is 19.0. The lowest BCUT2D eigenvalue weighted by molar-refractivity contribution is 0.0524. The van der Waals surface area contributed by atoms with Gasteiger partial charge >= 0.3 is 5.97 Å². The second-order valence-electron chi connectivity index (χ2n) is 8.73. The number of aromatic nitrogens is 1. The van der Waals surface area contributed by atoms with Crippen LogP contribution in [0.15, 0.2) is 16.9 Å². The van der Waals surface area contributed by atoms with E-state index in [0.29, 0.717) is 12.5 Å². The Morgan fingerprint density at radius 2 is 2.04 bits per heavy atom. The van der Waals surface area contributed by atoms with Crippen LogP contribution in [0.25, 0.3) is 10.9 Å².